The van der Waals surface area contributed by atoms with Crippen molar-refractivity contribution in [1.82, 2.24) is 5.32 Å². The lowest BCUT2D eigenvalue weighted by Crippen LogP contribution is -2.21. The van der Waals surface area contributed by atoms with E-state index in [1.54, 1.807) is 0 Å². The first-order chi connectivity index (χ1) is 8.31. The molecule has 1 rings (SSSR count). The molecule has 0 bridgehead atoms. The lowest BCUT2D eigenvalue weighted by molar-refractivity contribution is 0.285. The van der Waals surface area contributed by atoms with Gasteiger partial charge in [0.25, 0.3) is 0 Å². The van der Waals surface area contributed by atoms with Crippen molar-refractivity contribution in [2.75, 3.05) is 13.2 Å². The average Bonchev–Trinajstić information content (AvgIpc) is 2.38. The molecule has 0 fully saturated rings. The summed E-state index contributed by atoms with van der Waals surface area (Å²) in [5, 5.41) is 12.2. The summed E-state index contributed by atoms with van der Waals surface area (Å²) < 4.78 is 0. The van der Waals surface area contributed by atoms with Crippen LogP contribution >= 0.6 is 0 Å². The summed E-state index contributed by atoms with van der Waals surface area (Å²) in [5.41, 5.74) is 2.72. The molecule has 98 valence electrons. The van der Waals surface area contributed by atoms with Crippen LogP contribution in [0.4, 0.5) is 0 Å². The van der Waals surface area contributed by atoms with Gasteiger partial charge in [0.05, 0.1) is 0 Å². The van der Waals surface area contributed by atoms with Gasteiger partial charge in [-0.2, -0.15) is 0 Å². The first kappa shape index (κ1) is 14.2. The topological polar surface area (TPSA) is 44.6 Å². The minimum absolute atomic E-state index is 0.290. The van der Waals surface area contributed by atoms with E-state index in [4.69, 9.17) is 10.1 Å². The Kier molecular flexibility index (Phi) is 6.94. The van der Waals surface area contributed by atoms with Crippen molar-refractivity contribution in [2.45, 2.75) is 58.8 Å². The van der Waals surface area contributed by atoms with Gasteiger partial charge >= 0.3 is 0 Å². The van der Waals surface area contributed by atoms with Gasteiger partial charge in [0.1, 0.15) is 5.82 Å². The third-order valence-electron chi connectivity index (χ3n) is 3.26. The second kappa shape index (κ2) is 8.29. The minimum Gasteiger partial charge on any atom is -0.396 e. The van der Waals surface area contributed by atoms with Crippen LogP contribution in [0.5, 0.6) is 0 Å². The predicted octanol–water partition coefficient (Wildman–Crippen LogP) is 3.01. The molecular formula is C14H26N2O. The fourth-order valence-corrected chi connectivity index (χ4v) is 2.13. The van der Waals surface area contributed by atoms with Crippen molar-refractivity contribution >= 4 is 5.71 Å². The molecule has 0 radical (unpaired) electrons. The van der Waals surface area contributed by atoms with E-state index in [2.05, 4.69) is 19.2 Å². The highest BCUT2D eigenvalue weighted by Crippen LogP contribution is 2.19. The molecule has 0 spiro atoms. The van der Waals surface area contributed by atoms with Gasteiger partial charge < -0.3 is 10.4 Å². The highest BCUT2D eigenvalue weighted by Gasteiger charge is 2.10. The third kappa shape index (κ3) is 4.90. The normalized spacial score (nSPS) is 17.2. The van der Waals surface area contributed by atoms with Crippen LogP contribution in [-0.2, 0) is 0 Å². The summed E-state index contributed by atoms with van der Waals surface area (Å²) in [4.78, 5) is 4.78. The summed E-state index contributed by atoms with van der Waals surface area (Å²) in [6.07, 6.45) is 7.46. The summed E-state index contributed by atoms with van der Waals surface area (Å²) in [6, 6.07) is 0. The molecule has 0 aromatic carbocycles. The number of allylic oxidation sites excluding steroid dienone is 1. The largest absolute Gasteiger partial charge is 0.396 e. The number of aliphatic hydroxyl groups is 1. The van der Waals surface area contributed by atoms with Gasteiger partial charge in [0.15, 0.2) is 0 Å². The number of rotatable bonds is 7. The summed E-state index contributed by atoms with van der Waals surface area (Å²) in [6.45, 7) is 5.70. The number of aliphatic hydroxyl groups excluding tert-OH is 1. The molecule has 0 atom stereocenters. The van der Waals surface area contributed by atoms with Gasteiger partial charge in [-0.3, -0.25) is 0 Å². The highest BCUT2D eigenvalue weighted by molar-refractivity contribution is 5.85. The van der Waals surface area contributed by atoms with Crippen molar-refractivity contribution in [3.8, 4) is 0 Å². The molecule has 2 N–H and O–H groups in total. The molecule has 0 unspecified atom stereocenters. The van der Waals surface area contributed by atoms with Crippen molar-refractivity contribution in [3.63, 3.8) is 0 Å². The molecule has 3 heteroatoms. The summed E-state index contributed by atoms with van der Waals surface area (Å²) >= 11 is 0. The Balaban J connectivity index is 2.64. The monoisotopic (exact) mass is 238 g/mol. The smallest absolute Gasteiger partial charge is 0.124 e. The highest BCUT2D eigenvalue weighted by atomic mass is 16.2. The SMILES string of the molecule is CCC1=C(/N=C(\CC)CCCCO)NCCC1. The quantitative estimate of drug-likeness (QED) is 0.529. The number of nitrogens with one attached hydrogen (secondary N) is 1. The molecule has 0 aliphatic carbocycles. The van der Waals surface area contributed by atoms with Gasteiger partial charge in [-0.25, -0.2) is 4.99 Å². The fourth-order valence-electron chi connectivity index (χ4n) is 2.13. The first-order valence-electron chi connectivity index (χ1n) is 6.95. The van der Waals surface area contributed by atoms with Crippen molar-refractivity contribution in [2.24, 2.45) is 4.99 Å². The van der Waals surface area contributed by atoms with Crippen LogP contribution in [0.25, 0.3) is 0 Å². The van der Waals surface area contributed by atoms with Crippen LogP contribution in [0, 0.1) is 0 Å². The van der Waals surface area contributed by atoms with Crippen LogP contribution in [0.1, 0.15) is 58.8 Å². The van der Waals surface area contributed by atoms with Crippen molar-refractivity contribution in [1.29, 1.82) is 0 Å². The van der Waals surface area contributed by atoms with E-state index in [0.717, 1.165) is 44.5 Å². The average molecular weight is 238 g/mol. The third-order valence-corrected chi connectivity index (χ3v) is 3.26. The lowest BCUT2D eigenvalue weighted by atomic mass is 10.0. The predicted molar refractivity (Wildman–Crippen MR) is 73.2 cm³/mol. The maximum atomic E-state index is 8.79. The molecule has 17 heavy (non-hydrogen) atoms. The Morgan fingerprint density at radius 3 is 2.82 bits per heavy atom. The van der Waals surface area contributed by atoms with E-state index in [1.165, 1.54) is 24.1 Å². The molecule has 0 saturated heterocycles. The van der Waals surface area contributed by atoms with Crippen LogP contribution < -0.4 is 5.32 Å². The van der Waals surface area contributed by atoms with E-state index < -0.39 is 0 Å². The Hall–Kier alpha value is -0.830. The van der Waals surface area contributed by atoms with Crippen LogP contribution in [-0.4, -0.2) is 24.0 Å². The number of hydrogen-bond donors (Lipinski definition) is 2. The number of hydrogen-bond acceptors (Lipinski definition) is 3. The zero-order valence-electron chi connectivity index (χ0n) is 11.3. The molecule has 1 aliphatic heterocycles. The molecule has 0 saturated carbocycles. The second-order valence-corrected chi connectivity index (χ2v) is 4.55. The Bertz CT molecular complexity index is 282. The van der Waals surface area contributed by atoms with Crippen molar-refractivity contribution < 1.29 is 5.11 Å². The van der Waals surface area contributed by atoms with E-state index in [1.807, 2.05) is 0 Å². The number of aliphatic imine (C=N–C) groups is 1. The van der Waals surface area contributed by atoms with Crippen LogP contribution in [0.2, 0.25) is 0 Å². The molecular weight excluding hydrogens is 212 g/mol. The Labute approximate surface area is 105 Å². The molecule has 0 aromatic heterocycles. The van der Waals surface area contributed by atoms with E-state index in [9.17, 15) is 0 Å². The van der Waals surface area contributed by atoms with E-state index >= 15 is 0 Å². The van der Waals surface area contributed by atoms with Crippen LogP contribution in [0.15, 0.2) is 16.4 Å². The summed E-state index contributed by atoms with van der Waals surface area (Å²) in [7, 11) is 0. The summed E-state index contributed by atoms with van der Waals surface area (Å²) in [5.74, 6) is 1.12. The number of nitrogens with zero attached hydrogens (tertiary/aromatic N) is 1. The first-order valence-corrected chi connectivity index (χ1v) is 6.95. The van der Waals surface area contributed by atoms with Crippen molar-refractivity contribution in [3.05, 3.63) is 11.4 Å². The zero-order valence-corrected chi connectivity index (χ0v) is 11.3. The molecule has 0 amide bonds. The maximum Gasteiger partial charge on any atom is 0.124 e. The maximum absolute atomic E-state index is 8.79. The molecule has 3 nitrogen and oxygen atoms in total. The fraction of sp³-hybridized carbons (Fsp3) is 0.786. The zero-order chi connectivity index (χ0) is 12.5. The van der Waals surface area contributed by atoms with E-state index in [-0.39, 0.29) is 6.61 Å². The van der Waals surface area contributed by atoms with Gasteiger partial charge in [-0.15, -0.1) is 0 Å². The van der Waals surface area contributed by atoms with Gasteiger partial charge in [-0.05, 0) is 50.5 Å². The second-order valence-electron chi connectivity index (χ2n) is 4.55. The standard InChI is InChI=1S/C14H26N2O/c1-3-12-8-7-10-15-14(12)16-13(4-2)9-5-6-11-17/h15,17H,3-11H2,1-2H3/b16-13+. The Morgan fingerprint density at radius 1 is 1.35 bits per heavy atom. The van der Waals surface area contributed by atoms with Gasteiger partial charge in [0, 0.05) is 18.9 Å². The Morgan fingerprint density at radius 2 is 2.18 bits per heavy atom. The van der Waals surface area contributed by atoms with Crippen LogP contribution in [0.3, 0.4) is 0 Å². The minimum atomic E-state index is 0.290. The number of unbranched alkanes of at least 4 members (excludes halogenated alkanes) is 1. The van der Waals surface area contributed by atoms with E-state index in [0.29, 0.717) is 0 Å². The molecule has 1 heterocycles. The lowest BCUT2D eigenvalue weighted by Gasteiger charge is -2.19. The molecule has 0 aromatic rings. The molecule has 1 aliphatic rings. The van der Waals surface area contributed by atoms with Gasteiger partial charge in [0.2, 0.25) is 0 Å². The van der Waals surface area contributed by atoms with Gasteiger partial charge in [-0.1, -0.05) is 13.8 Å².